The van der Waals surface area contributed by atoms with Crippen molar-refractivity contribution < 1.29 is 13.8 Å². The quantitative estimate of drug-likeness (QED) is 0.325. The lowest BCUT2D eigenvalue weighted by molar-refractivity contribution is 0.0980. The van der Waals surface area contributed by atoms with Crippen molar-refractivity contribution in [3.8, 4) is 11.8 Å². The topological polar surface area (TPSA) is 106 Å². The number of rotatable bonds is 5. The van der Waals surface area contributed by atoms with Crippen LogP contribution in [0.25, 0.3) is 0 Å². The van der Waals surface area contributed by atoms with Crippen molar-refractivity contribution in [2.24, 2.45) is 7.05 Å². The third-order valence-corrected chi connectivity index (χ3v) is 6.64. The summed E-state index contributed by atoms with van der Waals surface area (Å²) < 4.78 is 16.9. The molecule has 2 aromatic heterocycles. The molecule has 1 unspecified atom stereocenters. The normalized spacial score (nSPS) is 12.1. The summed E-state index contributed by atoms with van der Waals surface area (Å²) in [7, 11) is -1.30. The van der Waals surface area contributed by atoms with E-state index in [0.717, 1.165) is 5.69 Å². The maximum Gasteiger partial charge on any atom is 0.273 e. The monoisotopic (exact) mass is 497 g/mol. The minimum absolute atomic E-state index is 0.210. The fourth-order valence-corrected chi connectivity index (χ4v) is 4.51. The molecule has 2 heterocycles. The van der Waals surface area contributed by atoms with Gasteiger partial charge in [0, 0.05) is 41.2 Å². The summed E-state index contributed by atoms with van der Waals surface area (Å²) >= 11 is 0. The van der Waals surface area contributed by atoms with Crippen molar-refractivity contribution in [3.05, 3.63) is 107 Å². The van der Waals surface area contributed by atoms with E-state index in [4.69, 9.17) is 0 Å². The molecular formula is C27H23N5O3S. The third kappa shape index (κ3) is 5.87. The number of nitrogens with one attached hydrogen (secondary N) is 2. The lowest BCUT2D eigenvalue weighted by Gasteiger charge is -2.11. The van der Waals surface area contributed by atoms with Gasteiger partial charge in [-0.25, -0.2) is 4.21 Å². The maximum atomic E-state index is 12.9. The van der Waals surface area contributed by atoms with E-state index in [2.05, 4.69) is 37.8 Å². The second-order valence-electron chi connectivity index (χ2n) is 7.96. The molecule has 0 aliphatic heterocycles. The van der Waals surface area contributed by atoms with Gasteiger partial charge >= 0.3 is 0 Å². The van der Waals surface area contributed by atoms with Crippen LogP contribution >= 0.6 is 0 Å². The lowest BCUT2D eigenvalue weighted by Crippen LogP contribution is -2.30. The number of carbonyl (C=O) groups excluding carboxylic acids is 2. The average Bonchev–Trinajstić information content (AvgIpc) is 3.21. The first-order valence-corrected chi connectivity index (χ1v) is 12.6. The Bertz CT molecular complexity index is 1610. The van der Waals surface area contributed by atoms with E-state index >= 15 is 0 Å². The second-order valence-corrected chi connectivity index (χ2v) is 9.99. The highest BCUT2D eigenvalue weighted by molar-refractivity contribution is 7.99. The van der Waals surface area contributed by atoms with Crippen LogP contribution in [0.5, 0.6) is 0 Å². The number of anilines is 1. The molecule has 2 amide bonds. The van der Waals surface area contributed by atoms with Gasteiger partial charge in [0.2, 0.25) is 0 Å². The van der Waals surface area contributed by atoms with Gasteiger partial charge in [0.25, 0.3) is 11.8 Å². The van der Waals surface area contributed by atoms with Crippen LogP contribution in [-0.4, -0.2) is 36.7 Å². The molecule has 9 heteroatoms. The molecule has 4 aromatic rings. The van der Waals surface area contributed by atoms with Gasteiger partial charge in [-0.3, -0.25) is 24.0 Å². The van der Waals surface area contributed by atoms with E-state index in [0.29, 0.717) is 27.4 Å². The number of aryl methyl sites for hydroxylation is 2. The summed E-state index contributed by atoms with van der Waals surface area (Å²) in [5.41, 5.74) is 3.16. The van der Waals surface area contributed by atoms with Crippen LogP contribution in [0, 0.1) is 18.8 Å². The van der Waals surface area contributed by atoms with Crippen LogP contribution in [0.3, 0.4) is 0 Å². The summed E-state index contributed by atoms with van der Waals surface area (Å²) in [6.45, 7) is 1.82. The first-order valence-electron chi connectivity index (χ1n) is 10.8. The average molecular weight is 498 g/mol. The third-order valence-electron chi connectivity index (χ3n) is 5.09. The Hall–Kier alpha value is -4.68. The molecule has 36 heavy (non-hydrogen) atoms. The lowest BCUT2D eigenvalue weighted by atomic mass is 10.1. The number of carbonyl (C=O) groups is 2. The number of pyridine rings is 1. The Kier molecular flexibility index (Phi) is 6.99. The van der Waals surface area contributed by atoms with E-state index in [1.165, 1.54) is 17.1 Å². The van der Waals surface area contributed by atoms with Gasteiger partial charge in [-0.2, -0.15) is 5.10 Å². The van der Waals surface area contributed by atoms with Crippen molar-refractivity contribution in [1.29, 1.82) is 0 Å². The minimum atomic E-state index is -3.02. The Morgan fingerprint density at radius 1 is 0.944 bits per heavy atom. The highest BCUT2D eigenvalue weighted by Gasteiger charge is 2.14. The Labute approximate surface area is 209 Å². The predicted molar refractivity (Wildman–Crippen MR) is 140 cm³/mol. The Balaban J connectivity index is 1.48. The SMILES string of the molecule is C=S(=O)(NC(=O)c1cncc(C#Cc2cccc(NC(=O)c3cc(C)nn3C)c2)c1)c1ccccc1. The van der Waals surface area contributed by atoms with Crippen molar-refractivity contribution in [2.45, 2.75) is 11.8 Å². The zero-order valence-electron chi connectivity index (χ0n) is 19.7. The van der Waals surface area contributed by atoms with Crippen LogP contribution in [0.15, 0.2) is 84.0 Å². The molecule has 0 saturated heterocycles. The van der Waals surface area contributed by atoms with E-state index < -0.39 is 15.6 Å². The zero-order chi connectivity index (χ0) is 25.7. The van der Waals surface area contributed by atoms with Gasteiger partial charge in [0.05, 0.1) is 21.0 Å². The van der Waals surface area contributed by atoms with Gasteiger partial charge in [0.15, 0.2) is 0 Å². The van der Waals surface area contributed by atoms with Gasteiger partial charge in [-0.05, 0) is 55.3 Å². The van der Waals surface area contributed by atoms with Crippen LogP contribution < -0.4 is 10.0 Å². The molecule has 0 spiro atoms. The van der Waals surface area contributed by atoms with Crippen molar-refractivity contribution >= 4 is 33.1 Å². The summed E-state index contributed by atoms with van der Waals surface area (Å²) in [4.78, 5) is 29.7. The molecule has 180 valence electrons. The van der Waals surface area contributed by atoms with Crippen LogP contribution in [0.1, 0.15) is 37.7 Å². The predicted octanol–water partition coefficient (Wildman–Crippen LogP) is 3.20. The molecule has 2 aromatic carbocycles. The molecule has 0 bridgehead atoms. The summed E-state index contributed by atoms with van der Waals surface area (Å²) in [6.07, 6.45) is 2.90. The van der Waals surface area contributed by atoms with Gasteiger partial charge in [0.1, 0.15) is 5.69 Å². The van der Waals surface area contributed by atoms with Gasteiger partial charge < -0.3 is 5.32 Å². The highest BCUT2D eigenvalue weighted by atomic mass is 32.2. The molecule has 0 fully saturated rings. The first-order chi connectivity index (χ1) is 17.2. The first kappa shape index (κ1) is 24.4. The maximum absolute atomic E-state index is 12.9. The number of nitrogens with zero attached hydrogens (tertiary/aromatic N) is 3. The molecule has 1 atom stereocenters. The number of amides is 2. The Morgan fingerprint density at radius 3 is 2.42 bits per heavy atom. The van der Waals surface area contributed by atoms with E-state index in [1.807, 2.05) is 6.92 Å². The molecule has 0 aliphatic rings. The number of hydrogen-bond acceptors (Lipinski definition) is 5. The Morgan fingerprint density at radius 2 is 1.69 bits per heavy atom. The van der Waals surface area contributed by atoms with Crippen molar-refractivity contribution in [2.75, 3.05) is 5.32 Å². The minimum Gasteiger partial charge on any atom is -0.321 e. The summed E-state index contributed by atoms with van der Waals surface area (Å²) in [5.74, 6) is 8.81. The zero-order valence-corrected chi connectivity index (χ0v) is 20.5. The molecule has 0 aliphatic carbocycles. The summed E-state index contributed by atoms with van der Waals surface area (Å²) in [5, 5.41) is 7.03. The van der Waals surface area contributed by atoms with Crippen molar-refractivity contribution in [1.82, 2.24) is 19.5 Å². The van der Waals surface area contributed by atoms with E-state index in [-0.39, 0.29) is 11.5 Å². The fraction of sp³-hybridized carbons (Fsp3) is 0.0741. The second kappa shape index (κ2) is 10.3. The highest BCUT2D eigenvalue weighted by Crippen LogP contribution is 2.13. The van der Waals surface area contributed by atoms with Crippen LogP contribution in [0.2, 0.25) is 0 Å². The summed E-state index contributed by atoms with van der Waals surface area (Å²) in [6, 6.07) is 18.9. The number of aromatic nitrogens is 3. The largest absolute Gasteiger partial charge is 0.321 e. The fourth-order valence-electron chi connectivity index (χ4n) is 3.38. The molecular weight excluding hydrogens is 474 g/mol. The standard InChI is InChI=1S/C27H23N5O3S/c1-19-14-25(32(2)30-19)27(34)29-23-9-7-8-20(16-23)12-13-21-15-22(18-28-17-21)26(33)31-36(3,35)24-10-5-4-6-11-24/h4-11,14-18H,3H2,1-2H3,(H,29,34)(H,31,33,35). The molecule has 4 rings (SSSR count). The smallest absolute Gasteiger partial charge is 0.273 e. The number of benzene rings is 2. The molecule has 2 N–H and O–H groups in total. The van der Waals surface area contributed by atoms with Gasteiger partial charge in [-0.1, -0.05) is 36.1 Å². The van der Waals surface area contributed by atoms with Gasteiger partial charge in [-0.15, -0.1) is 0 Å². The van der Waals surface area contributed by atoms with Crippen LogP contribution in [0.4, 0.5) is 5.69 Å². The van der Waals surface area contributed by atoms with E-state index in [1.54, 1.807) is 73.8 Å². The molecule has 0 radical (unpaired) electrons. The molecule has 8 nitrogen and oxygen atoms in total. The molecule has 0 saturated carbocycles. The van der Waals surface area contributed by atoms with E-state index in [9.17, 15) is 13.8 Å². The van der Waals surface area contributed by atoms with Crippen molar-refractivity contribution in [3.63, 3.8) is 0 Å². The van der Waals surface area contributed by atoms with Crippen LogP contribution in [-0.2, 0) is 16.8 Å². The number of hydrogen-bond donors (Lipinski definition) is 2.